The Morgan fingerprint density at radius 1 is 1.06 bits per heavy atom. The molecule has 2 N–H and O–H groups in total. The number of nitrogens with zero attached hydrogens (tertiary/aromatic N) is 2. The lowest BCUT2D eigenvalue weighted by molar-refractivity contribution is 0.00994. The van der Waals surface area contributed by atoms with Gasteiger partial charge in [-0.3, -0.25) is 9.69 Å². The van der Waals surface area contributed by atoms with E-state index in [4.69, 9.17) is 9.47 Å². The molecule has 8 nitrogen and oxygen atoms in total. The fraction of sp³-hybridized carbons (Fsp3) is 0.500. The fourth-order valence-corrected chi connectivity index (χ4v) is 4.63. The van der Waals surface area contributed by atoms with Gasteiger partial charge in [-0.2, -0.15) is 0 Å². The molecule has 0 aromatic heterocycles. The molecule has 1 saturated carbocycles. The van der Waals surface area contributed by atoms with E-state index >= 15 is 0 Å². The quantitative estimate of drug-likeness (QED) is 0.637. The van der Waals surface area contributed by atoms with Crippen LogP contribution >= 0.6 is 0 Å². The lowest BCUT2D eigenvalue weighted by Gasteiger charge is -2.36. The van der Waals surface area contributed by atoms with Crippen LogP contribution in [0.3, 0.4) is 0 Å². The van der Waals surface area contributed by atoms with Crippen LogP contribution in [0.5, 0.6) is 5.75 Å². The van der Waals surface area contributed by atoms with Gasteiger partial charge < -0.3 is 25.0 Å². The number of rotatable bonds is 5. The molecular weight excluding hydrogens is 456 g/mol. The highest BCUT2D eigenvalue weighted by molar-refractivity contribution is 6.01. The van der Waals surface area contributed by atoms with Crippen LogP contribution < -0.4 is 15.4 Å². The summed E-state index contributed by atoms with van der Waals surface area (Å²) in [6.45, 7) is 7.23. The molecule has 1 fully saturated rings. The molecule has 8 heteroatoms. The molecule has 1 aliphatic carbocycles. The highest BCUT2D eigenvalue weighted by Gasteiger charge is 2.31. The Kier molecular flexibility index (Phi) is 8.48. The first-order valence-electron chi connectivity index (χ1n) is 12.8. The monoisotopic (exact) mass is 494 g/mol. The first-order valence-corrected chi connectivity index (χ1v) is 12.8. The minimum Gasteiger partial charge on any atom is -0.491 e. The van der Waals surface area contributed by atoms with E-state index < -0.39 is 0 Å². The number of methoxy groups -OCH3 is 1. The van der Waals surface area contributed by atoms with Crippen LogP contribution in [0.4, 0.5) is 16.2 Å². The van der Waals surface area contributed by atoms with E-state index in [9.17, 15) is 9.59 Å². The zero-order valence-corrected chi connectivity index (χ0v) is 21.7. The summed E-state index contributed by atoms with van der Waals surface area (Å²) in [5.74, 6) is 1.34. The van der Waals surface area contributed by atoms with E-state index in [1.807, 2.05) is 30.3 Å². The van der Waals surface area contributed by atoms with Crippen molar-refractivity contribution in [3.63, 3.8) is 0 Å². The Morgan fingerprint density at radius 2 is 1.78 bits per heavy atom. The normalized spacial score (nSPS) is 23.6. The molecule has 0 saturated heterocycles. The van der Waals surface area contributed by atoms with Gasteiger partial charge in [0.05, 0.1) is 11.7 Å². The molecule has 0 radical (unpaired) electrons. The maximum absolute atomic E-state index is 13.4. The Bertz CT molecular complexity index is 1040. The third kappa shape index (κ3) is 6.77. The van der Waals surface area contributed by atoms with Crippen molar-refractivity contribution in [1.29, 1.82) is 0 Å². The number of anilines is 2. The van der Waals surface area contributed by atoms with Crippen LogP contribution in [0.15, 0.2) is 48.5 Å². The van der Waals surface area contributed by atoms with Crippen LogP contribution in [0, 0.1) is 11.8 Å². The molecular formula is C28H38N4O4. The Balaban J connectivity index is 1.56. The number of ether oxygens (including phenoxy) is 2. The first-order chi connectivity index (χ1) is 17.3. The number of nitrogens with one attached hydrogen (secondary N) is 2. The number of hydrogen-bond donors (Lipinski definition) is 2. The van der Waals surface area contributed by atoms with Gasteiger partial charge in [0.25, 0.3) is 5.91 Å². The minimum absolute atomic E-state index is 0.0701. The Morgan fingerprint density at radius 3 is 2.47 bits per heavy atom. The summed E-state index contributed by atoms with van der Waals surface area (Å²) in [6.07, 6.45) is 2.50. The molecule has 4 rings (SSSR count). The lowest BCUT2D eigenvalue weighted by Crippen LogP contribution is -2.47. The highest BCUT2D eigenvalue weighted by atomic mass is 16.5. The third-order valence-corrected chi connectivity index (χ3v) is 7.05. The number of carbonyl (C=O) groups is 2. The maximum Gasteiger partial charge on any atom is 0.323 e. The van der Waals surface area contributed by atoms with Crippen LogP contribution in [0.2, 0.25) is 0 Å². The number of benzene rings is 2. The minimum atomic E-state index is -0.362. The van der Waals surface area contributed by atoms with Crippen molar-refractivity contribution in [3.05, 3.63) is 54.1 Å². The summed E-state index contributed by atoms with van der Waals surface area (Å²) >= 11 is 0. The molecule has 36 heavy (non-hydrogen) atoms. The van der Waals surface area contributed by atoms with Gasteiger partial charge in [0.15, 0.2) is 0 Å². The van der Waals surface area contributed by atoms with Gasteiger partial charge in [0, 0.05) is 57.3 Å². The number of carbonyl (C=O) groups excluding carboxylic acids is 2. The van der Waals surface area contributed by atoms with E-state index in [0.29, 0.717) is 35.8 Å². The van der Waals surface area contributed by atoms with E-state index in [2.05, 4.69) is 29.4 Å². The predicted molar refractivity (Wildman–Crippen MR) is 142 cm³/mol. The van der Waals surface area contributed by atoms with Crippen molar-refractivity contribution in [3.8, 4) is 5.75 Å². The molecule has 0 unspecified atom stereocenters. The number of para-hydroxylation sites is 1. The van der Waals surface area contributed by atoms with Crippen molar-refractivity contribution in [1.82, 2.24) is 9.80 Å². The van der Waals surface area contributed by atoms with Gasteiger partial charge in [-0.25, -0.2) is 4.79 Å². The van der Waals surface area contributed by atoms with Crippen molar-refractivity contribution < 1.29 is 19.1 Å². The standard InChI is InChI=1S/C28H38N4O4/c1-19-15-32(16-21-10-11-21)20(2)18-36-25-14-23(30-28(34)29-22-8-6-5-7-9-22)12-13-24(25)27(33)31(3)17-26(19)35-4/h5-9,12-14,19-21,26H,10-11,15-18H2,1-4H3,(H2,29,30,34)/t19-,20+,26+/m0/s1. The summed E-state index contributed by atoms with van der Waals surface area (Å²) in [7, 11) is 3.51. The van der Waals surface area contributed by atoms with Gasteiger partial charge in [-0.1, -0.05) is 25.1 Å². The first kappa shape index (κ1) is 26.0. The molecule has 2 aromatic rings. The smallest absolute Gasteiger partial charge is 0.323 e. The highest BCUT2D eigenvalue weighted by Crippen LogP contribution is 2.32. The Hall–Kier alpha value is -3.10. The molecule has 0 spiro atoms. The topological polar surface area (TPSA) is 83.1 Å². The van der Waals surface area contributed by atoms with Gasteiger partial charge in [-0.05, 0) is 55.9 Å². The third-order valence-electron chi connectivity index (χ3n) is 7.05. The second-order valence-corrected chi connectivity index (χ2v) is 10.2. The number of fused-ring (bicyclic) bond motifs is 1. The lowest BCUT2D eigenvalue weighted by atomic mass is 10.0. The number of amides is 3. The average Bonchev–Trinajstić information content (AvgIpc) is 3.69. The summed E-state index contributed by atoms with van der Waals surface area (Å²) in [5.41, 5.74) is 1.71. The van der Waals surface area contributed by atoms with E-state index in [1.165, 1.54) is 12.8 Å². The van der Waals surface area contributed by atoms with Gasteiger partial charge in [0.2, 0.25) is 0 Å². The van der Waals surface area contributed by atoms with Gasteiger partial charge in [-0.15, -0.1) is 0 Å². The van der Waals surface area contributed by atoms with Crippen LogP contribution in [-0.4, -0.2) is 74.3 Å². The van der Waals surface area contributed by atoms with E-state index in [-0.39, 0.29) is 30.0 Å². The zero-order valence-electron chi connectivity index (χ0n) is 21.7. The summed E-state index contributed by atoms with van der Waals surface area (Å²) < 4.78 is 12.1. The summed E-state index contributed by atoms with van der Waals surface area (Å²) in [4.78, 5) is 30.1. The maximum atomic E-state index is 13.4. The second-order valence-electron chi connectivity index (χ2n) is 10.2. The van der Waals surface area contributed by atoms with Gasteiger partial charge >= 0.3 is 6.03 Å². The Labute approximate surface area is 213 Å². The largest absolute Gasteiger partial charge is 0.491 e. The fourth-order valence-electron chi connectivity index (χ4n) is 4.63. The van der Waals surface area contributed by atoms with Crippen molar-refractivity contribution >= 4 is 23.3 Å². The zero-order chi connectivity index (χ0) is 25.7. The van der Waals surface area contributed by atoms with E-state index in [0.717, 1.165) is 19.0 Å². The van der Waals surface area contributed by atoms with Crippen molar-refractivity contribution in [2.75, 3.05) is 51.0 Å². The van der Waals surface area contributed by atoms with Crippen molar-refractivity contribution in [2.24, 2.45) is 11.8 Å². The summed E-state index contributed by atoms with van der Waals surface area (Å²) in [6, 6.07) is 14.2. The molecule has 1 aliphatic heterocycles. The molecule has 2 aromatic carbocycles. The van der Waals surface area contributed by atoms with Crippen molar-refractivity contribution in [2.45, 2.75) is 38.8 Å². The molecule has 3 amide bonds. The second kappa shape index (κ2) is 11.8. The number of hydrogen-bond acceptors (Lipinski definition) is 5. The molecule has 1 heterocycles. The predicted octanol–water partition coefficient (Wildman–Crippen LogP) is 4.55. The summed E-state index contributed by atoms with van der Waals surface area (Å²) in [5, 5.41) is 5.65. The molecule has 2 aliphatic rings. The SMILES string of the molecule is CO[C@@H]1CN(C)C(=O)c2ccc(NC(=O)Nc3ccccc3)cc2OC[C@@H](C)N(CC2CC2)C[C@@H]1C. The van der Waals surface area contributed by atoms with Crippen LogP contribution in [0.25, 0.3) is 0 Å². The van der Waals surface area contributed by atoms with Gasteiger partial charge in [0.1, 0.15) is 12.4 Å². The number of urea groups is 1. The van der Waals surface area contributed by atoms with Crippen LogP contribution in [-0.2, 0) is 4.74 Å². The van der Waals surface area contributed by atoms with Crippen LogP contribution in [0.1, 0.15) is 37.0 Å². The van der Waals surface area contributed by atoms with E-state index in [1.54, 1.807) is 37.3 Å². The molecule has 0 bridgehead atoms. The molecule has 3 atom stereocenters. The molecule has 194 valence electrons. The number of likely N-dealkylation sites (N-methyl/N-ethyl adjacent to an activating group) is 1. The average molecular weight is 495 g/mol.